The molecule has 0 unspecified atom stereocenters. The van der Waals surface area contributed by atoms with Gasteiger partial charge in [0.1, 0.15) is 5.69 Å². The van der Waals surface area contributed by atoms with E-state index < -0.39 is 0 Å². The Morgan fingerprint density at radius 2 is 1.85 bits per heavy atom. The topological polar surface area (TPSA) is 38.1 Å². The fourth-order valence-electron chi connectivity index (χ4n) is 2.09. The summed E-state index contributed by atoms with van der Waals surface area (Å²) in [6, 6.07) is 20.3. The standard InChI is InChI=1S/C17H16N2O/c1-13-6-5-9-15(10-13)18-12-16-11-17(19-20-16)14-7-3-2-4-8-14/h2-11,18H,12H2,1H3. The average Bonchev–Trinajstić information content (AvgIpc) is 2.95. The van der Waals surface area contributed by atoms with Crippen LogP contribution in [0, 0.1) is 6.92 Å². The van der Waals surface area contributed by atoms with Gasteiger partial charge in [-0.15, -0.1) is 0 Å². The van der Waals surface area contributed by atoms with E-state index >= 15 is 0 Å². The Hall–Kier alpha value is -2.55. The van der Waals surface area contributed by atoms with Crippen molar-refractivity contribution in [3.05, 3.63) is 72.0 Å². The lowest BCUT2D eigenvalue weighted by Crippen LogP contribution is -1.97. The largest absolute Gasteiger partial charge is 0.378 e. The first kappa shape index (κ1) is 12.5. The third-order valence-corrected chi connectivity index (χ3v) is 3.11. The van der Waals surface area contributed by atoms with E-state index in [-0.39, 0.29) is 0 Å². The molecule has 0 aliphatic rings. The molecule has 0 radical (unpaired) electrons. The van der Waals surface area contributed by atoms with E-state index in [4.69, 9.17) is 4.52 Å². The van der Waals surface area contributed by atoms with Crippen LogP contribution in [0.5, 0.6) is 0 Å². The zero-order valence-corrected chi connectivity index (χ0v) is 11.3. The van der Waals surface area contributed by atoms with Gasteiger partial charge >= 0.3 is 0 Å². The summed E-state index contributed by atoms with van der Waals surface area (Å²) in [7, 11) is 0. The Morgan fingerprint density at radius 1 is 1.00 bits per heavy atom. The number of nitrogens with zero attached hydrogens (tertiary/aromatic N) is 1. The fraction of sp³-hybridized carbons (Fsp3) is 0.118. The van der Waals surface area contributed by atoms with Gasteiger partial charge in [-0.2, -0.15) is 0 Å². The van der Waals surface area contributed by atoms with E-state index in [0.29, 0.717) is 6.54 Å². The Labute approximate surface area is 118 Å². The van der Waals surface area contributed by atoms with Crippen molar-refractivity contribution in [2.45, 2.75) is 13.5 Å². The van der Waals surface area contributed by atoms with Gasteiger partial charge < -0.3 is 9.84 Å². The van der Waals surface area contributed by atoms with Crippen LogP contribution in [0.1, 0.15) is 11.3 Å². The van der Waals surface area contributed by atoms with Gasteiger partial charge in [0.2, 0.25) is 0 Å². The van der Waals surface area contributed by atoms with E-state index in [1.165, 1.54) is 5.56 Å². The number of aryl methyl sites for hydroxylation is 1. The molecule has 0 fully saturated rings. The minimum atomic E-state index is 0.628. The van der Waals surface area contributed by atoms with Crippen LogP contribution in [0.25, 0.3) is 11.3 Å². The summed E-state index contributed by atoms with van der Waals surface area (Å²) in [5.41, 5.74) is 4.25. The number of hydrogen-bond acceptors (Lipinski definition) is 3. The lowest BCUT2D eigenvalue weighted by molar-refractivity contribution is 0.390. The zero-order chi connectivity index (χ0) is 13.8. The number of rotatable bonds is 4. The highest BCUT2D eigenvalue weighted by Gasteiger charge is 2.05. The fourth-order valence-corrected chi connectivity index (χ4v) is 2.09. The summed E-state index contributed by atoms with van der Waals surface area (Å²) in [5.74, 6) is 0.824. The maximum atomic E-state index is 5.36. The van der Waals surface area contributed by atoms with Gasteiger partial charge in [-0.1, -0.05) is 47.6 Å². The monoisotopic (exact) mass is 264 g/mol. The van der Waals surface area contributed by atoms with Crippen LogP contribution in [0.3, 0.4) is 0 Å². The maximum absolute atomic E-state index is 5.36. The quantitative estimate of drug-likeness (QED) is 0.765. The second-order valence-corrected chi connectivity index (χ2v) is 4.77. The highest BCUT2D eigenvalue weighted by Crippen LogP contribution is 2.19. The molecule has 3 nitrogen and oxygen atoms in total. The van der Waals surface area contributed by atoms with Crippen LogP contribution in [-0.2, 0) is 6.54 Å². The van der Waals surface area contributed by atoms with Crippen LogP contribution < -0.4 is 5.32 Å². The third kappa shape index (κ3) is 2.88. The Balaban J connectivity index is 1.69. The molecule has 0 amide bonds. The predicted octanol–water partition coefficient (Wildman–Crippen LogP) is 4.26. The lowest BCUT2D eigenvalue weighted by atomic mass is 10.1. The number of aromatic nitrogens is 1. The van der Waals surface area contributed by atoms with Crippen molar-refractivity contribution in [1.82, 2.24) is 5.16 Å². The van der Waals surface area contributed by atoms with Gasteiger partial charge in [-0.05, 0) is 24.6 Å². The molecule has 1 aromatic heterocycles. The van der Waals surface area contributed by atoms with Crippen molar-refractivity contribution in [3.8, 4) is 11.3 Å². The molecular weight excluding hydrogens is 248 g/mol. The maximum Gasteiger partial charge on any atom is 0.156 e. The minimum absolute atomic E-state index is 0.628. The molecule has 0 aliphatic carbocycles. The molecule has 0 bridgehead atoms. The van der Waals surface area contributed by atoms with E-state index in [0.717, 1.165) is 22.7 Å². The molecule has 0 spiro atoms. The number of benzene rings is 2. The van der Waals surface area contributed by atoms with Gasteiger partial charge in [0, 0.05) is 17.3 Å². The summed E-state index contributed by atoms with van der Waals surface area (Å²) >= 11 is 0. The van der Waals surface area contributed by atoms with Crippen LogP contribution in [-0.4, -0.2) is 5.16 Å². The van der Waals surface area contributed by atoms with Gasteiger partial charge in [0.05, 0.1) is 6.54 Å². The van der Waals surface area contributed by atoms with E-state index in [2.05, 4.69) is 29.5 Å². The number of hydrogen-bond donors (Lipinski definition) is 1. The SMILES string of the molecule is Cc1cccc(NCc2cc(-c3ccccc3)no2)c1. The molecular formula is C17H16N2O. The summed E-state index contributed by atoms with van der Waals surface area (Å²) in [6.07, 6.45) is 0. The number of nitrogens with one attached hydrogen (secondary N) is 1. The second-order valence-electron chi connectivity index (χ2n) is 4.77. The second kappa shape index (κ2) is 5.61. The molecule has 20 heavy (non-hydrogen) atoms. The minimum Gasteiger partial charge on any atom is -0.378 e. The number of anilines is 1. The summed E-state index contributed by atoms with van der Waals surface area (Å²) in [6.45, 7) is 2.70. The summed E-state index contributed by atoms with van der Waals surface area (Å²) in [4.78, 5) is 0. The van der Waals surface area contributed by atoms with Crippen molar-refractivity contribution < 1.29 is 4.52 Å². The third-order valence-electron chi connectivity index (χ3n) is 3.11. The molecule has 3 rings (SSSR count). The molecule has 3 aromatic rings. The van der Waals surface area contributed by atoms with Gasteiger partial charge in [0.25, 0.3) is 0 Å². The van der Waals surface area contributed by atoms with Crippen molar-refractivity contribution in [2.24, 2.45) is 0 Å². The molecule has 0 saturated carbocycles. The Morgan fingerprint density at radius 3 is 2.65 bits per heavy atom. The lowest BCUT2D eigenvalue weighted by Gasteiger charge is -2.04. The normalized spacial score (nSPS) is 10.4. The Bertz CT molecular complexity index is 689. The molecule has 0 saturated heterocycles. The van der Waals surface area contributed by atoms with Gasteiger partial charge in [-0.25, -0.2) is 0 Å². The highest BCUT2D eigenvalue weighted by molar-refractivity contribution is 5.58. The predicted molar refractivity (Wildman–Crippen MR) is 80.4 cm³/mol. The van der Waals surface area contributed by atoms with Crippen LogP contribution in [0.2, 0.25) is 0 Å². The van der Waals surface area contributed by atoms with Crippen LogP contribution in [0.4, 0.5) is 5.69 Å². The molecule has 0 atom stereocenters. The van der Waals surface area contributed by atoms with Crippen molar-refractivity contribution in [1.29, 1.82) is 0 Å². The van der Waals surface area contributed by atoms with E-state index in [1.54, 1.807) is 0 Å². The smallest absolute Gasteiger partial charge is 0.156 e. The molecule has 0 aliphatic heterocycles. The van der Waals surface area contributed by atoms with Crippen molar-refractivity contribution in [2.75, 3.05) is 5.32 Å². The highest BCUT2D eigenvalue weighted by atomic mass is 16.5. The Kier molecular flexibility index (Phi) is 3.50. The average molecular weight is 264 g/mol. The first-order valence-electron chi connectivity index (χ1n) is 6.63. The molecule has 2 aromatic carbocycles. The van der Waals surface area contributed by atoms with Crippen molar-refractivity contribution >= 4 is 5.69 Å². The summed E-state index contributed by atoms with van der Waals surface area (Å²) < 4.78 is 5.36. The molecule has 3 heteroatoms. The summed E-state index contributed by atoms with van der Waals surface area (Å²) in [5, 5.41) is 7.43. The first-order valence-corrected chi connectivity index (χ1v) is 6.63. The van der Waals surface area contributed by atoms with E-state index in [9.17, 15) is 0 Å². The zero-order valence-electron chi connectivity index (χ0n) is 11.3. The van der Waals surface area contributed by atoms with Gasteiger partial charge in [-0.3, -0.25) is 0 Å². The van der Waals surface area contributed by atoms with Crippen LogP contribution >= 0.6 is 0 Å². The van der Waals surface area contributed by atoms with Crippen LogP contribution in [0.15, 0.2) is 65.2 Å². The molecule has 100 valence electrons. The van der Waals surface area contributed by atoms with Crippen molar-refractivity contribution in [3.63, 3.8) is 0 Å². The molecule has 1 N–H and O–H groups in total. The molecule has 1 heterocycles. The first-order chi connectivity index (χ1) is 9.81. The van der Waals surface area contributed by atoms with Gasteiger partial charge in [0.15, 0.2) is 5.76 Å². The van der Waals surface area contributed by atoms with E-state index in [1.807, 2.05) is 48.5 Å².